The van der Waals surface area contributed by atoms with Crippen LogP contribution in [0.2, 0.25) is 0 Å². The summed E-state index contributed by atoms with van der Waals surface area (Å²) < 4.78 is 19.9. The van der Waals surface area contributed by atoms with Crippen molar-refractivity contribution < 1.29 is 18.7 Å². The summed E-state index contributed by atoms with van der Waals surface area (Å²) in [6, 6.07) is 1.68. The van der Waals surface area contributed by atoms with Gasteiger partial charge in [-0.05, 0) is 0 Å². The maximum Gasteiger partial charge on any atom is 0.512 e. The molecule has 0 amide bonds. The fourth-order valence-electron chi connectivity index (χ4n) is 0.227. The molecule has 0 bridgehead atoms. The van der Waals surface area contributed by atoms with Crippen LogP contribution in [-0.2, 0) is 9.47 Å². The number of carbonyl (C=O) groups is 1. The van der Waals surface area contributed by atoms with Gasteiger partial charge in [0.1, 0.15) is 0 Å². The lowest BCUT2D eigenvalue weighted by Gasteiger charge is -2.06. The highest BCUT2D eigenvalue weighted by Gasteiger charge is 2.34. The molecule has 0 aliphatic rings. The van der Waals surface area contributed by atoms with Crippen LogP contribution in [0.3, 0.4) is 0 Å². The molecule has 58 valence electrons. The summed E-state index contributed by atoms with van der Waals surface area (Å²) in [7, 11) is 0.928. The van der Waals surface area contributed by atoms with Crippen LogP contribution in [0.1, 0.15) is 0 Å². The number of ether oxygens (including phenoxy) is 2. The average Bonchev–Trinajstić information content (AvgIpc) is 2.04. The molecule has 0 atom stereocenters. The molecule has 6 heteroatoms. The Labute approximate surface area is 61.5 Å². The van der Waals surface area contributed by atoms with Crippen LogP contribution in [0.15, 0.2) is 0 Å². The third-order valence-corrected chi connectivity index (χ3v) is 0.678. The first-order valence-corrected chi connectivity index (χ1v) is 2.36. The summed E-state index contributed by atoms with van der Waals surface area (Å²) in [5.74, 6) is -3.26. The zero-order valence-electron chi connectivity index (χ0n) is 5.50. The van der Waals surface area contributed by atoms with Crippen molar-refractivity contribution >= 4 is 6.16 Å². The molecule has 0 spiro atoms. The normalized spacial score (nSPS) is 9.09. The molecule has 0 radical (unpaired) electrons. The van der Waals surface area contributed by atoms with Gasteiger partial charge in [0.05, 0.1) is 7.11 Å². The minimum Gasteiger partial charge on any atom is -0.438 e. The molecular formula is C5H3FN2O3. The van der Waals surface area contributed by atoms with Crippen LogP contribution >= 0.6 is 0 Å². The first-order chi connectivity index (χ1) is 5.08. The van der Waals surface area contributed by atoms with Gasteiger partial charge in [-0.3, -0.25) is 0 Å². The van der Waals surface area contributed by atoms with Crippen LogP contribution in [0.5, 0.6) is 0 Å². The molecule has 0 unspecified atom stereocenters. The highest BCUT2D eigenvalue weighted by Crippen LogP contribution is 2.10. The van der Waals surface area contributed by atoms with Gasteiger partial charge in [0.2, 0.25) is 0 Å². The van der Waals surface area contributed by atoms with Crippen LogP contribution in [0, 0.1) is 22.7 Å². The monoisotopic (exact) mass is 158 g/mol. The van der Waals surface area contributed by atoms with Gasteiger partial charge in [0, 0.05) is 0 Å². The maximum absolute atomic E-state index is 12.4. The molecule has 0 aromatic heterocycles. The molecule has 0 saturated carbocycles. The molecule has 0 aromatic rings. The highest BCUT2D eigenvalue weighted by molar-refractivity contribution is 5.61. The number of halogens is 1. The molecule has 5 nitrogen and oxygen atoms in total. The second kappa shape index (κ2) is 3.37. The molecule has 0 aliphatic heterocycles. The Kier molecular flexibility index (Phi) is 2.82. The summed E-state index contributed by atoms with van der Waals surface area (Å²) in [5.41, 5.74) is 0. The van der Waals surface area contributed by atoms with E-state index in [2.05, 4.69) is 9.47 Å². The average molecular weight is 158 g/mol. The van der Waals surface area contributed by atoms with Gasteiger partial charge in [-0.25, -0.2) is 4.79 Å². The van der Waals surface area contributed by atoms with Crippen LogP contribution < -0.4 is 0 Å². The van der Waals surface area contributed by atoms with Crippen LogP contribution in [0.4, 0.5) is 9.18 Å². The molecule has 0 rings (SSSR count). The quantitative estimate of drug-likeness (QED) is 0.518. The topological polar surface area (TPSA) is 83.1 Å². The van der Waals surface area contributed by atoms with Crippen molar-refractivity contribution in [2.24, 2.45) is 0 Å². The third-order valence-electron chi connectivity index (χ3n) is 0.678. The molecule has 11 heavy (non-hydrogen) atoms. The number of carbonyl (C=O) groups excluding carboxylic acids is 1. The van der Waals surface area contributed by atoms with E-state index >= 15 is 0 Å². The predicted octanol–water partition coefficient (Wildman–Crippen LogP) is 0.482. The summed E-state index contributed by atoms with van der Waals surface area (Å²) in [6.07, 6.45) is -1.42. The fraction of sp³-hybridized carbons (Fsp3) is 0.400. The molecule has 0 N–H and O–H groups in total. The van der Waals surface area contributed by atoms with Crippen molar-refractivity contribution in [3.8, 4) is 12.1 Å². The van der Waals surface area contributed by atoms with Gasteiger partial charge in [0.15, 0.2) is 12.1 Å². The SMILES string of the molecule is COC(=O)OC(F)(C#N)C#N. The van der Waals surface area contributed by atoms with Gasteiger partial charge >= 0.3 is 12.0 Å². The van der Waals surface area contributed by atoms with Crippen molar-refractivity contribution in [2.45, 2.75) is 5.85 Å². The van der Waals surface area contributed by atoms with Crippen molar-refractivity contribution in [3.63, 3.8) is 0 Å². The maximum atomic E-state index is 12.4. The second-order valence-electron chi connectivity index (χ2n) is 1.38. The number of nitrogens with zero attached hydrogens (tertiary/aromatic N) is 2. The smallest absolute Gasteiger partial charge is 0.438 e. The highest BCUT2D eigenvalue weighted by atomic mass is 19.2. The van der Waals surface area contributed by atoms with Crippen molar-refractivity contribution in [1.29, 1.82) is 10.5 Å². The van der Waals surface area contributed by atoms with E-state index in [1.165, 1.54) is 0 Å². The van der Waals surface area contributed by atoms with Crippen molar-refractivity contribution in [3.05, 3.63) is 0 Å². The van der Waals surface area contributed by atoms with E-state index < -0.39 is 12.0 Å². The molecular weight excluding hydrogens is 155 g/mol. The zero-order chi connectivity index (χ0) is 8.91. The summed E-state index contributed by atoms with van der Waals surface area (Å²) in [5, 5.41) is 15.9. The van der Waals surface area contributed by atoms with Crippen LogP contribution in [-0.4, -0.2) is 19.1 Å². The Bertz CT molecular complexity index is 225. The Morgan fingerprint density at radius 1 is 1.55 bits per heavy atom. The van der Waals surface area contributed by atoms with E-state index in [1.54, 1.807) is 0 Å². The van der Waals surface area contributed by atoms with Crippen molar-refractivity contribution in [2.75, 3.05) is 7.11 Å². The van der Waals surface area contributed by atoms with Gasteiger partial charge in [-0.1, -0.05) is 0 Å². The Morgan fingerprint density at radius 3 is 2.27 bits per heavy atom. The lowest BCUT2D eigenvalue weighted by molar-refractivity contribution is -0.0367. The molecule has 0 saturated heterocycles. The molecule has 0 aromatic carbocycles. The first kappa shape index (κ1) is 9.18. The largest absolute Gasteiger partial charge is 0.512 e. The predicted molar refractivity (Wildman–Crippen MR) is 28.6 cm³/mol. The second-order valence-corrected chi connectivity index (χ2v) is 1.38. The minimum atomic E-state index is -3.26. The van der Waals surface area contributed by atoms with E-state index in [1.807, 2.05) is 0 Å². The number of methoxy groups -OCH3 is 1. The van der Waals surface area contributed by atoms with E-state index in [0.29, 0.717) is 0 Å². The van der Waals surface area contributed by atoms with E-state index in [9.17, 15) is 9.18 Å². The lowest BCUT2D eigenvalue weighted by atomic mass is 10.4. The number of nitriles is 2. The number of rotatable bonds is 1. The van der Waals surface area contributed by atoms with Gasteiger partial charge in [-0.2, -0.15) is 14.9 Å². The summed E-state index contributed by atoms with van der Waals surface area (Å²) >= 11 is 0. The first-order valence-electron chi connectivity index (χ1n) is 2.36. The summed E-state index contributed by atoms with van der Waals surface area (Å²) in [6.45, 7) is 0. The zero-order valence-corrected chi connectivity index (χ0v) is 5.50. The Balaban J connectivity index is 4.26. The molecule has 0 heterocycles. The van der Waals surface area contributed by atoms with Gasteiger partial charge < -0.3 is 9.47 Å². The Hall–Kier alpha value is -1.82. The number of alkyl halides is 1. The minimum absolute atomic E-state index is 0.842. The van der Waals surface area contributed by atoms with Gasteiger partial charge in [0.25, 0.3) is 0 Å². The lowest BCUT2D eigenvalue weighted by Crippen LogP contribution is -2.26. The third kappa shape index (κ3) is 2.50. The number of hydrogen-bond acceptors (Lipinski definition) is 5. The number of hydrogen-bond donors (Lipinski definition) is 0. The fourth-order valence-corrected chi connectivity index (χ4v) is 0.227. The van der Waals surface area contributed by atoms with E-state index in [-0.39, 0.29) is 0 Å². The molecule has 0 fully saturated rings. The van der Waals surface area contributed by atoms with E-state index in [4.69, 9.17) is 10.5 Å². The van der Waals surface area contributed by atoms with Crippen molar-refractivity contribution in [1.82, 2.24) is 0 Å². The van der Waals surface area contributed by atoms with Crippen LogP contribution in [0.25, 0.3) is 0 Å². The standard InChI is InChI=1S/C5H3FN2O3/c1-10-4(9)11-5(6,2-7)3-8/h1H3. The Morgan fingerprint density at radius 2 is 2.00 bits per heavy atom. The van der Waals surface area contributed by atoms with Gasteiger partial charge in [-0.15, -0.1) is 0 Å². The molecule has 0 aliphatic carbocycles. The van der Waals surface area contributed by atoms with E-state index in [0.717, 1.165) is 19.2 Å². The summed E-state index contributed by atoms with van der Waals surface area (Å²) in [4.78, 5) is 10.2.